The molecule has 22 heavy (non-hydrogen) atoms. The molecule has 0 radical (unpaired) electrons. The van der Waals surface area contributed by atoms with Gasteiger partial charge in [-0.1, -0.05) is 38.1 Å². The van der Waals surface area contributed by atoms with Crippen LogP contribution in [0.5, 0.6) is 0 Å². The molecule has 0 saturated heterocycles. The van der Waals surface area contributed by atoms with E-state index in [1.54, 1.807) is 12.1 Å². The molecule has 2 aromatic carbocycles. The summed E-state index contributed by atoms with van der Waals surface area (Å²) in [6, 6.07) is 14.9. The first kappa shape index (κ1) is 14.3. The number of nitrogens with zero attached hydrogens (tertiary/aromatic N) is 1. The van der Waals surface area contributed by atoms with Gasteiger partial charge in [-0.3, -0.25) is 0 Å². The van der Waals surface area contributed by atoms with E-state index in [0.717, 1.165) is 5.52 Å². The van der Waals surface area contributed by atoms with Gasteiger partial charge in [-0.05, 0) is 35.7 Å². The number of carbonyl (C=O) groups is 1. The zero-order valence-electron chi connectivity index (χ0n) is 12.6. The quantitative estimate of drug-likeness (QED) is 0.673. The SMILES string of the molecule is CC(C)c1ccc(C(=O)OCc2nc3ccccc3o2)cc1. The van der Waals surface area contributed by atoms with Crippen LogP contribution in [0.3, 0.4) is 0 Å². The molecule has 4 heteroatoms. The van der Waals surface area contributed by atoms with Crippen molar-refractivity contribution in [1.82, 2.24) is 4.98 Å². The minimum Gasteiger partial charge on any atom is -0.452 e. The number of ether oxygens (including phenoxy) is 1. The molecule has 0 N–H and O–H groups in total. The number of para-hydroxylation sites is 2. The van der Waals surface area contributed by atoms with Gasteiger partial charge in [0, 0.05) is 0 Å². The van der Waals surface area contributed by atoms with Crippen LogP contribution in [0.4, 0.5) is 0 Å². The number of benzene rings is 2. The van der Waals surface area contributed by atoms with E-state index in [-0.39, 0.29) is 12.6 Å². The summed E-state index contributed by atoms with van der Waals surface area (Å²) in [6.45, 7) is 4.25. The fourth-order valence-corrected chi connectivity index (χ4v) is 2.20. The number of oxazole rings is 1. The van der Waals surface area contributed by atoms with Crippen LogP contribution < -0.4 is 0 Å². The lowest BCUT2D eigenvalue weighted by Crippen LogP contribution is -2.05. The van der Waals surface area contributed by atoms with Gasteiger partial charge in [-0.2, -0.15) is 0 Å². The van der Waals surface area contributed by atoms with Gasteiger partial charge in [0.25, 0.3) is 0 Å². The number of fused-ring (bicyclic) bond motifs is 1. The summed E-state index contributed by atoms with van der Waals surface area (Å²) in [6.07, 6.45) is 0. The number of esters is 1. The van der Waals surface area contributed by atoms with Crippen molar-refractivity contribution in [2.24, 2.45) is 0 Å². The average Bonchev–Trinajstić information content (AvgIpc) is 2.95. The molecule has 1 heterocycles. The minimum atomic E-state index is -0.377. The molecule has 0 bridgehead atoms. The molecule has 112 valence electrons. The highest BCUT2D eigenvalue weighted by molar-refractivity contribution is 5.89. The third kappa shape index (κ3) is 3.01. The lowest BCUT2D eigenvalue weighted by Gasteiger charge is -2.06. The molecule has 0 fully saturated rings. The molecule has 4 nitrogen and oxygen atoms in total. The molecule has 0 spiro atoms. The molecule has 3 rings (SSSR count). The van der Waals surface area contributed by atoms with Crippen LogP contribution in [0.15, 0.2) is 52.9 Å². The predicted octanol–water partition coefficient (Wildman–Crippen LogP) is 4.31. The van der Waals surface area contributed by atoms with E-state index in [0.29, 0.717) is 23.0 Å². The van der Waals surface area contributed by atoms with E-state index in [9.17, 15) is 4.79 Å². The van der Waals surface area contributed by atoms with Gasteiger partial charge < -0.3 is 9.15 Å². The number of rotatable bonds is 4. The topological polar surface area (TPSA) is 52.3 Å². The summed E-state index contributed by atoms with van der Waals surface area (Å²) in [5.74, 6) is 0.454. The van der Waals surface area contributed by atoms with Crippen molar-refractivity contribution in [3.05, 3.63) is 65.5 Å². The summed E-state index contributed by atoms with van der Waals surface area (Å²) in [4.78, 5) is 16.3. The van der Waals surface area contributed by atoms with Crippen LogP contribution in [0.1, 0.15) is 41.6 Å². The zero-order valence-corrected chi connectivity index (χ0v) is 12.6. The van der Waals surface area contributed by atoms with Gasteiger partial charge in [-0.25, -0.2) is 9.78 Å². The van der Waals surface area contributed by atoms with E-state index >= 15 is 0 Å². The van der Waals surface area contributed by atoms with Crippen molar-refractivity contribution in [2.45, 2.75) is 26.4 Å². The summed E-state index contributed by atoms with van der Waals surface area (Å²) in [5.41, 5.74) is 3.17. The monoisotopic (exact) mass is 295 g/mol. The maximum absolute atomic E-state index is 12.0. The second-order valence-electron chi connectivity index (χ2n) is 5.43. The Hall–Kier alpha value is -2.62. The van der Waals surface area contributed by atoms with Crippen LogP contribution in [0.25, 0.3) is 11.1 Å². The summed E-state index contributed by atoms with van der Waals surface area (Å²) < 4.78 is 10.8. The number of aromatic nitrogens is 1. The maximum Gasteiger partial charge on any atom is 0.338 e. The Balaban J connectivity index is 1.66. The Labute approximate surface area is 128 Å². The number of hydrogen-bond acceptors (Lipinski definition) is 4. The average molecular weight is 295 g/mol. The van der Waals surface area contributed by atoms with E-state index in [1.807, 2.05) is 36.4 Å². The molecule has 0 unspecified atom stereocenters. The first-order valence-electron chi connectivity index (χ1n) is 7.25. The maximum atomic E-state index is 12.0. The van der Waals surface area contributed by atoms with Crippen LogP contribution >= 0.6 is 0 Å². The van der Waals surface area contributed by atoms with Crippen molar-refractivity contribution in [3.63, 3.8) is 0 Å². The molecule has 0 aliphatic heterocycles. The van der Waals surface area contributed by atoms with E-state index in [4.69, 9.17) is 9.15 Å². The second-order valence-corrected chi connectivity index (χ2v) is 5.43. The number of hydrogen-bond donors (Lipinski definition) is 0. The third-order valence-electron chi connectivity index (χ3n) is 3.48. The van der Waals surface area contributed by atoms with E-state index in [1.165, 1.54) is 5.56 Å². The van der Waals surface area contributed by atoms with Gasteiger partial charge in [0.1, 0.15) is 5.52 Å². The first-order valence-corrected chi connectivity index (χ1v) is 7.25. The van der Waals surface area contributed by atoms with Crippen LogP contribution in [-0.2, 0) is 11.3 Å². The highest BCUT2D eigenvalue weighted by Crippen LogP contribution is 2.17. The molecule has 0 amide bonds. The predicted molar refractivity (Wildman–Crippen MR) is 83.7 cm³/mol. The molecule has 3 aromatic rings. The van der Waals surface area contributed by atoms with Crippen molar-refractivity contribution in [3.8, 4) is 0 Å². The van der Waals surface area contributed by atoms with Gasteiger partial charge in [-0.15, -0.1) is 0 Å². The molecule has 0 aliphatic rings. The van der Waals surface area contributed by atoms with E-state index in [2.05, 4.69) is 18.8 Å². The highest BCUT2D eigenvalue weighted by atomic mass is 16.5. The normalized spacial score (nSPS) is 11.0. The van der Waals surface area contributed by atoms with E-state index < -0.39 is 0 Å². The molecule has 0 aliphatic carbocycles. The Morgan fingerprint density at radius 1 is 1.14 bits per heavy atom. The number of carbonyl (C=O) groups excluding carboxylic acids is 1. The Morgan fingerprint density at radius 2 is 1.86 bits per heavy atom. The molecular formula is C18H17NO3. The zero-order chi connectivity index (χ0) is 15.5. The van der Waals surface area contributed by atoms with Gasteiger partial charge in [0.15, 0.2) is 12.2 Å². The molecular weight excluding hydrogens is 278 g/mol. The fourth-order valence-electron chi connectivity index (χ4n) is 2.20. The van der Waals surface area contributed by atoms with Crippen molar-refractivity contribution >= 4 is 17.1 Å². The van der Waals surface area contributed by atoms with Crippen molar-refractivity contribution in [2.75, 3.05) is 0 Å². The molecule has 0 atom stereocenters. The van der Waals surface area contributed by atoms with Crippen LogP contribution in [0, 0.1) is 0 Å². The second kappa shape index (κ2) is 6.02. The van der Waals surface area contributed by atoms with Crippen molar-refractivity contribution < 1.29 is 13.9 Å². The Morgan fingerprint density at radius 3 is 2.55 bits per heavy atom. The standard InChI is InChI=1S/C18H17NO3/c1-12(2)13-7-9-14(10-8-13)18(20)21-11-17-19-15-5-3-4-6-16(15)22-17/h3-10,12H,11H2,1-2H3. The van der Waals surface area contributed by atoms with Crippen LogP contribution in [-0.4, -0.2) is 11.0 Å². The minimum absolute atomic E-state index is 0.0272. The Bertz CT molecular complexity index is 754. The van der Waals surface area contributed by atoms with Crippen molar-refractivity contribution in [1.29, 1.82) is 0 Å². The molecule has 0 saturated carbocycles. The summed E-state index contributed by atoms with van der Waals surface area (Å²) in [7, 11) is 0. The lowest BCUT2D eigenvalue weighted by atomic mass is 10.0. The van der Waals surface area contributed by atoms with Gasteiger partial charge in [0.05, 0.1) is 5.56 Å². The van der Waals surface area contributed by atoms with Gasteiger partial charge >= 0.3 is 5.97 Å². The highest BCUT2D eigenvalue weighted by Gasteiger charge is 2.11. The summed E-state index contributed by atoms with van der Waals surface area (Å²) in [5, 5.41) is 0. The van der Waals surface area contributed by atoms with Crippen LogP contribution in [0.2, 0.25) is 0 Å². The lowest BCUT2D eigenvalue weighted by molar-refractivity contribution is 0.0440. The summed E-state index contributed by atoms with van der Waals surface area (Å²) >= 11 is 0. The van der Waals surface area contributed by atoms with Gasteiger partial charge in [0.2, 0.25) is 5.89 Å². The first-order chi connectivity index (χ1) is 10.6. The fraction of sp³-hybridized carbons (Fsp3) is 0.222. The largest absolute Gasteiger partial charge is 0.452 e. The third-order valence-corrected chi connectivity index (χ3v) is 3.48. The molecule has 1 aromatic heterocycles. The Kier molecular flexibility index (Phi) is 3.92. The smallest absolute Gasteiger partial charge is 0.338 e.